The highest BCUT2D eigenvalue weighted by Gasteiger charge is 2.14. The summed E-state index contributed by atoms with van der Waals surface area (Å²) in [6.45, 7) is 2.63. The van der Waals surface area contributed by atoms with Crippen molar-refractivity contribution in [1.29, 1.82) is 0 Å². The Morgan fingerprint density at radius 3 is 2.36 bits per heavy atom. The Bertz CT molecular complexity index is 1090. The van der Waals surface area contributed by atoms with Crippen molar-refractivity contribution in [3.05, 3.63) is 82.3 Å². The second-order valence-electron chi connectivity index (χ2n) is 6.20. The van der Waals surface area contributed by atoms with Crippen molar-refractivity contribution in [2.45, 2.75) is 17.8 Å². The van der Waals surface area contributed by atoms with Gasteiger partial charge in [-0.25, -0.2) is 4.98 Å². The molecule has 0 fully saturated rings. The number of fused-ring (bicyclic) bond motifs is 1. The number of halogens is 2. The van der Waals surface area contributed by atoms with Gasteiger partial charge in [-0.1, -0.05) is 47.1 Å². The fourth-order valence-electron chi connectivity index (χ4n) is 2.96. The number of thioether (sulfide) groups is 1. The Kier molecular flexibility index (Phi) is 5.81. The molecule has 4 rings (SSSR count). The zero-order valence-electron chi connectivity index (χ0n) is 15.2. The van der Waals surface area contributed by atoms with Crippen LogP contribution >= 0.6 is 35.0 Å². The van der Waals surface area contributed by atoms with Gasteiger partial charge in [-0.3, -0.25) is 4.57 Å². The zero-order valence-corrected chi connectivity index (χ0v) is 17.6. The molecular weight excluding hydrogens is 411 g/mol. The number of hydrogen-bond donors (Lipinski definition) is 0. The second-order valence-corrected chi connectivity index (χ2v) is 8.02. The third-order valence-corrected chi connectivity index (χ3v) is 5.77. The fourth-order valence-corrected chi connectivity index (χ4v) is 4.24. The number of hydrogen-bond acceptors (Lipinski definition) is 3. The predicted molar refractivity (Wildman–Crippen MR) is 118 cm³/mol. The Labute approximate surface area is 178 Å². The second kappa shape index (κ2) is 8.48. The zero-order chi connectivity index (χ0) is 19.5. The van der Waals surface area contributed by atoms with Crippen LogP contribution in [0.3, 0.4) is 0 Å². The fraction of sp³-hybridized carbons (Fsp3) is 0.136. The maximum Gasteiger partial charge on any atom is 0.174 e. The summed E-state index contributed by atoms with van der Waals surface area (Å²) in [7, 11) is 0. The molecule has 142 valence electrons. The first-order chi connectivity index (χ1) is 13.6. The summed E-state index contributed by atoms with van der Waals surface area (Å²) in [5, 5.41) is 2.33. The van der Waals surface area contributed by atoms with Gasteiger partial charge in [0.05, 0.1) is 17.6 Å². The standard InChI is InChI=1S/C22H18Cl2N2OS/c1-2-27-19-10-8-18(9-11-19)26-21-12-7-17(24)13-20(21)25-22(26)28-14-15-3-5-16(23)6-4-15/h3-13H,2,14H2,1H3. The Morgan fingerprint density at radius 1 is 0.929 bits per heavy atom. The largest absolute Gasteiger partial charge is 0.494 e. The summed E-state index contributed by atoms with van der Waals surface area (Å²) in [6.07, 6.45) is 0. The van der Waals surface area contributed by atoms with Gasteiger partial charge in [0.1, 0.15) is 5.75 Å². The van der Waals surface area contributed by atoms with E-state index in [1.807, 2.05) is 73.7 Å². The SMILES string of the molecule is CCOc1ccc(-n2c(SCc3ccc(Cl)cc3)nc3cc(Cl)ccc32)cc1. The first-order valence-electron chi connectivity index (χ1n) is 8.92. The van der Waals surface area contributed by atoms with Crippen molar-refractivity contribution in [2.75, 3.05) is 6.61 Å². The van der Waals surface area contributed by atoms with E-state index >= 15 is 0 Å². The van der Waals surface area contributed by atoms with E-state index in [-0.39, 0.29) is 0 Å². The van der Waals surface area contributed by atoms with Crippen LogP contribution in [0.25, 0.3) is 16.7 Å². The molecule has 3 nitrogen and oxygen atoms in total. The van der Waals surface area contributed by atoms with E-state index in [0.29, 0.717) is 11.6 Å². The Balaban J connectivity index is 1.72. The summed E-state index contributed by atoms with van der Waals surface area (Å²) in [4.78, 5) is 4.83. The highest BCUT2D eigenvalue weighted by atomic mass is 35.5. The van der Waals surface area contributed by atoms with Gasteiger partial charge in [0.15, 0.2) is 5.16 Å². The first kappa shape index (κ1) is 19.2. The van der Waals surface area contributed by atoms with Crippen LogP contribution in [0.2, 0.25) is 10.0 Å². The molecule has 0 atom stereocenters. The molecule has 0 aliphatic rings. The van der Waals surface area contributed by atoms with E-state index in [0.717, 1.165) is 38.4 Å². The van der Waals surface area contributed by atoms with Crippen LogP contribution in [0.15, 0.2) is 71.9 Å². The monoisotopic (exact) mass is 428 g/mol. The van der Waals surface area contributed by atoms with Crippen LogP contribution in [0.1, 0.15) is 12.5 Å². The van der Waals surface area contributed by atoms with Gasteiger partial charge in [-0.15, -0.1) is 0 Å². The van der Waals surface area contributed by atoms with Crippen molar-refractivity contribution in [3.63, 3.8) is 0 Å². The summed E-state index contributed by atoms with van der Waals surface area (Å²) in [6, 6.07) is 21.8. The van der Waals surface area contributed by atoms with Crippen LogP contribution in [0, 0.1) is 0 Å². The molecule has 0 unspecified atom stereocenters. The first-order valence-corrected chi connectivity index (χ1v) is 10.7. The molecule has 0 aliphatic carbocycles. The van der Waals surface area contributed by atoms with Crippen molar-refractivity contribution >= 4 is 46.0 Å². The molecule has 1 heterocycles. The van der Waals surface area contributed by atoms with Crippen LogP contribution in [-0.2, 0) is 5.75 Å². The third-order valence-electron chi connectivity index (χ3n) is 4.27. The van der Waals surface area contributed by atoms with Crippen molar-refractivity contribution in [3.8, 4) is 11.4 Å². The summed E-state index contributed by atoms with van der Waals surface area (Å²) >= 11 is 13.9. The molecule has 0 aliphatic heterocycles. The topological polar surface area (TPSA) is 27.1 Å². The average molecular weight is 429 g/mol. The van der Waals surface area contributed by atoms with Gasteiger partial charge in [-0.2, -0.15) is 0 Å². The normalized spacial score (nSPS) is 11.1. The van der Waals surface area contributed by atoms with Crippen LogP contribution < -0.4 is 4.74 Å². The average Bonchev–Trinajstić information content (AvgIpc) is 3.06. The lowest BCUT2D eigenvalue weighted by Crippen LogP contribution is -1.98. The summed E-state index contributed by atoms with van der Waals surface area (Å²) in [5.41, 5.74) is 4.12. The molecule has 3 aromatic carbocycles. The minimum atomic E-state index is 0.647. The molecule has 0 saturated heterocycles. The van der Waals surface area contributed by atoms with Gasteiger partial charge in [-0.05, 0) is 67.1 Å². The number of benzene rings is 3. The van der Waals surface area contributed by atoms with Gasteiger partial charge in [0.2, 0.25) is 0 Å². The van der Waals surface area contributed by atoms with Crippen molar-refractivity contribution in [1.82, 2.24) is 9.55 Å². The van der Waals surface area contributed by atoms with Gasteiger partial charge in [0.25, 0.3) is 0 Å². The van der Waals surface area contributed by atoms with E-state index in [2.05, 4.69) is 4.57 Å². The van der Waals surface area contributed by atoms with E-state index in [4.69, 9.17) is 32.9 Å². The molecule has 0 spiro atoms. The molecule has 1 aromatic heterocycles. The Hall–Kier alpha value is -2.14. The summed E-state index contributed by atoms with van der Waals surface area (Å²) < 4.78 is 7.72. The molecule has 28 heavy (non-hydrogen) atoms. The summed E-state index contributed by atoms with van der Waals surface area (Å²) in [5.74, 6) is 1.65. The number of ether oxygens (including phenoxy) is 1. The lowest BCUT2D eigenvalue weighted by atomic mass is 10.2. The van der Waals surface area contributed by atoms with Crippen LogP contribution in [0.4, 0.5) is 0 Å². The van der Waals surface area contributed by atoms with E-state index in [9.17, 15) is 0 Å². The number of imidazole rings is 1. The quantitative estimate of drug-likeness (QED) is 0.308. The third kappa shape index (κ3) is 4.14. The lowest BCUT2D eigenvalue weighted by molar-refractivity contribution is 0.340. The maximum atomic E-state index is 6.18. The van der Waals surface area contributed by atoms with Crippen LogP contribution in [-0.4, -0.2) is 16.2 Å². The Morgan fingerprint density at radius 2 is 1.64 bits per heavy atom. The minimum absolute atomic E-state index is 0.647. The number of nitrogens with zero attached hydrogens (tertiary/aromatic N) is 2. The molecule has 0 amide bonds. The van der Waals surface area contributed by atoms with Crippen LogP contribution in [0.5, 0.6) is 5.75 Å². The van der Waals surface area contributed by atoms with E-state index in [1.54, 1.807) is 11.8 Å². The molecule has 0 bridgehead atoms. The molecule has 0 saturated carbocycles. The number of rotatable bonds is 6. The predicted octanol–water partition coefficient (Wildman–Crippen LogP) is 7.02. The molecule has 0 radical (unpaired) electrons. The lowest BCUT2D eigenvalue weighted by Gasteiger charge is -2.10. The maximum absolute atomic E-state index is 6.18. The molecule has 4 aromatic rings. The van der Waals surface area contributed by atoms with Crippen molar-refractivity contribution < 1.29 is 4.74 Å². The smallest absolute Gasteiger partial charge is 0.174 e. The van der Waals surface area contributed by atoms with Gasteiger partial charge < -0.3 is 4.74 Å². The van der Waals surface area contributed by atoms with Gasteiger partial charge >= 0.3 is 0 Å². The molecular formula is C22H18Cl2N2OS. The van der Waals surface area contributed by atoms with Crippen molar-refractivity contribution in [2.24, 2.45) is 0 Å². The highest BCUT2D eigenvalue weighted by Crippen LogP contribution is 2.32. The highest BCUT2D eigenvalue weighted by molar-refractivity contribution is 7.98. The minimum Gasteiger partial charge on any atom is -0.494 e. The van der Waals surface area contributed by atoms with E-state index < -0.39 is 0 Å². The molecule has 6 heteroatoms. The molecule has 0 N–H and O–H groups in total. The van der Waals surface area contributed by atoms with Gasteiger partial charge in [0, 0.05) is 21.5 Å². The van der Waals surface area contributed by atoms with E-state index in [1.165, 1.54) is 5.56 Å². The number of aromatic nitrogens is 2.